The zero-order valence-corrected chi connectivity index (χ0v) is 18.0. The molecule has 0 saturated carbocycles. The van der Waals surface area contributed by atoms with Crippen molar-refractivity contribution >= 4 is 23.8 Å². The van der Waals surface area contributed by atoms with Crippen LogP contribution in [0, 0.1) is 5.92 Å². The van der Waals surface area contributed by atoms with Crippen LogP contribution >= 0.6 is 11.6 Å². The second kappa shape index (κ2) is 8.50. The molecule has 1 saturated heterocycles. The number of halogens is 1. The van der Waals surface area contributed by atoms with Crippen LogP contribution in [0.25, 0.3) is 12.2 Å². The average Bonchev–Trinajstić information content (AvgIpc) is 3.22. The van der Waals surface area contributed by atoms with E-state index in [9.17, 15) is 9.90 Å². The normalized spacial score (nSPS) is 20.8. The first kappa shape index (κ1) is 20.3. The molecule has 2 aromatic heterocycles. The van der Waals surface area contributed by atoms with Gasteiger partial charge in [-0.3, -0.25) is 9.69 Å². The van der Waals surface area contributed by atoms with Gasteiger partial charge in [-0.25, -0.2) is 0 Å². The van der Waals surface area contributed by atoms with Gasteiger partial charge in [0.2, 0.25) is 0 Å². The van der Waals surface area contributed by atoms with E-state index in [0.717, 1.165) is 60.2 Å². The molecule has 0 spiro atoms. The van der Waals surface area contributed by atoms with E-state index < -0.39 is 0 Å². The van der Waals surface area contributed by atoms with Crippen LogP contribution < -0.4 is 5.56 Å². The van der Waals surface area contributed by atoms with Crippen molar-refractivity contribution in [3.8, 4) is 0 Å². The number of aliphatic hydroxyl groups excluding tert-OH is 1. The van der Waals surface area contributed by atoms with Crippen molar-refractivity contribution in [2.24, 2.45) is 5.92 Å². The predicted octanol–water partition coefficient (Wildman–Crippen LogP) is 4.38. The molecular formula is C25H25ClN2O3. The lowest BCUT2D eigenvalue weighted by atomic mass is 9.81. The molecule has 1 aromatic carbocycles. The molecule has 5 rings (SSSR count). The summed E-state index contributed by atoms with van der Waals surface area (Å²) >= 11 is 5.99. The molecule has 4 heterocycles. The summed E-state index contributed by atoms with van der Waals surface area (Å²) < 4.78 is 7.68. The number of fused-ring (bicyclic) bond motifs is 4. The number of aromatic nitrogens is 1. The summed E-state index contributed by atoms with van der Waals surface area (Å²) in [5.74, 6) is 2.22. The van der Waals surface area contributed by atoms with Crippen molar-refractivity contribution in [2.45, 2.75) is 32.0 Å². The van der Waals surface area contributed by atoms with Gasteiger partial charge in [-0.1, -0.05) is 35.9 Å². The van der Waals surface area contributed by atoms with Gasteiger partial charge in [-0.05, 0) is 53.8 Å². The lowest BCUT2D eigenvalue weighted by Gasteiger charge is -2.43. The smallest absolute Gasteiger partial charge is 0.250 e. The minimum Gasteiger partial charge on any atom is -0.462 e. The van der Waals surface area contributed by atoms with Gasteiger partial charge in [0, 0.05) is 42.3 Å². The third-order valence-electron chi connectivity index (χ3n) is 6.28. The number of aliphatic hydroxyl groups is 1. The zero-order valence-electron chi connectivity index (χ0n) is 17.2. The number of hydrogen-bond acceptors (Lipinski definition) is 4. The van der Waals surface area contributed by atoms with Gasteiger partial charge in [0.1, 0.15) is 18.1 Å². The molecule has 0 radical (unpaired) electrons. The summed E-state index contributed by atoms with van der Waals surface area (Å²) in [6, 6.07) is 15.1. The Labute approximate surface area is 186 Å². The van der Waals surface area contributed by atoms with Crippen LogP contribution in [-0.4, -0.2) is 27.7 Å². The zero-order chi connectivity index (χ0) is 21.4. The maximum absolute atomic E-state index is 12.6. The maximum atomic E-state index is 12.6. The molecule has 3 aromatic rings. The summed E-state index contributed by atoms with van der Waals surface area (Å²) in [7, 11) is 0. The highest BCUT2D eigenvalue weighted by molar-refractivity contribution is 6.30. The highest BCUT2D eigenvalue weighted by Gasteiger charge is 2.35. The second-order valence-corrected chi connectivity index (χ2v) is 8.96. The number of benzene rings is 1. The van der Waals surface area contributed by atoms with Gasteiger partial charge in [-0.15, -0.1) is 0 Å². The van der Waals surface area contributed by atoms with Crippen molar-refractivity contribution in [1.29, 1.82) is 0 Å². The highest BCUT2D eigenvalue weighted by Crippen LogP contribution is 2.37. The Morgan fingerprint density at radius 1 is 1.00 bits per heavy atom. The maximum Gasteiger partial charge on any atom is 0.250 e. The molecule has 31 heavy (non-hydrogen) atoms. The number of nitrogens with zero attached hydrogens (tertiary/aromatic N) is 2. The summed E-state index contributed by atoms with van der Waals surface area (Å²) in [6.45, 7) is 3.23. The van der Waals surface area contributed by atoms with Crippen LogP contribution in [0.4, 0.5) is 0 Å². The average molecular weight is 437 g/mol. The summed E-state index contributed by atoms with van der Waals surface area (Å²) in [4.78, 5) is 15.0. The molecule has 2 bridgehead atoms. The lowest BCUT2D eigenvalue weighted by Crippen LogP contribution is -2.47. The molecule has 2 aliphatic heterocycles. The standard InChI is InChI=1S/C25H25ClN2O3/c26-21-6-2-17(3-7-21)1-4-19-5-10-24(30)28-13-18-11-20(25(19)28)14-27(12-18)15-22-8-9-23(16-29)31-22/h1-10,18,20,29H,11-16H2/b4-1+/t18-,20+/m0/s1. The van der Waals surface area contributed by atoms with Crippen LogP contribution in [0.1, 0.15) is 40.7 Å². The monoisotopic (exact) mass is 436 g/mol. The fraction of sp³-hybridized carbons (Fsp3) is 0.320. The predicted molar refractivity (Wildman–Crippen MR) is 122 cm³/mol. The molecule has 0 amide bonds. The Balaban J connectivity index is 1.42. The van der Waals surface area contributed by atoms with Crippen LogP contribution in [0.3, 0.4) is 0 Å². The Hall–Kier alpha value is -2.60. The van der Waals surface area contributed by atoms with Crippen molar-refractivity contribution < 1.29 is 9.52 Å². The van der Waals surface area contributed by atoms with Crippen molar-refractivity contribution in [1.82, 2.24) is 9.47 Å². The summed E-state index contributed by atoms with van der Waals surface area (Å²) in [5.41, 5.74) is 3.39. The van der Waals surface area contributed by atoms with E-state index >= 15 is 0 Å². The first-order valence-electron chi connectivity index (χ1n) is 10.7. The third kappa shape index (κ3) is 4.26. The van der Waals surface area contributed by atoms with E-state index in [1.54, 1.807) is 6.07 Å². The molecular weight excluding hydrogens is 412 g/mol. The first-order valence-corrected chi connectivity index (χ1v) is 11.0. The molecule has 2 aliphatic rings. The molecule has 0 unspecified atom stereocenters. The van der Waals surface area contributed by atoms with Gasteiger partial charge < -0.3 is 14.1 Å². The highest BCUT2D eigenvalue weighted by atomic mass is 35.5. The van der Waals surface area contributed by atoms with E-state index in [-0.39, 0.29) is 12.2 Å². The van der Waals surface area contributed by atoms with Gasteiger partial charge in [0.05, 0.1) is 6.54 Å². The Kier molecular flexibility index (Phi) is 5.57. The molecule has 5 nitrogen and oxygen atoms in total. The Bertz CT molecular complexity index is 1160. The van der Waals surface area contributed by atoms with E-state index in [0.29, 0.717) is 17.6 Å². The molecule has 1 fully saturated rings. The van der Waals surface area contributed by atoms with Gasteiger partial charge in [0.15, 0.2) is 0 Å². The fourth-order valence-corrected chi connectivity index (χ4v) is 5.12. The molecule has 0 aliphatic carbocycles. The Morgan fingerprint density at radius 2 is 1.81 bits per heavy atom. The van der Waals surface area contributed by atoms with Gasteiger partial charge >= 0.3 is 0 Å². The second-order valence-electron chi connectivity index (χ2n) is 8.53. The van der Waals surface area contributed by atoms with Crippen molar-refractivity contribution in [3.05, 3.63) is 92.2 Å². The van der Waals surface area contributed by atoms with Crippen LogP contribution in [-0.2, 0) is 19.7 Å². The first-order chi connectivity index (χ1) is 15.1. The number of hydrogen-bond donors (Lipinski definition) is 1. The van der Waals surface area contributed by atoms with Crippen LogP contribution in [0.2, 0.25) is 5.02 Å². The van der Waals surface area contributed by atoms with Gasteiger partial charge in [-0.2, -0.15) is 0 Å². The van der Waals surface area contributed by atoms with Crippen molar-refractivity contribution in [2.75, 3.05) is 13.1 Å². The SMILES string of the molecule is O=c1ccc(/C=C/c2ccc(Cl)cc2)c2n1C[C@H]1C[C@@H]2CN(Cc2ccc(CO)o2)C1. The molecule has 160 valence electrons. The topological polar surface area (TPSA) is 58.6 Å². The summed E-state index contributed by atoms with van der Waals surface area (Å²) in [6.07, 6.45) is 5.28. The lowest BCUT2D eigenvalue weighted by molar-refractivity contribution is 0.106. The molecule has 1 N–H and O–H groups in total. The number of furan rings is 1. The van der Waals surface area contributed by atoms with E-state index in [4.69, 9.17) is 16.0 Å². The Morgan fingerprint density at radius 3 is 2.58 bits per heavy atom. The number of pyridine rings is 1. The van der Waals surface area contributed by atoms with Crippen molar-refractivity contribution in [3.63, 3.8) is 0 Å². The number of likely N-dealkylation sites (tertiary alicyclic amines) is 1. The fourth-order valence-electron chi connectivity index (χ4n) is 4.99. The largest absolute Gasteiger partial charge is 0.462 e. The minimum atomic E-state index is -0.0785. The third-order valence-corrected chi connectivity index (χ3v) is 6.53. The van der Waals surface area contributed by atoms with E-state index in [2.05, 4.69) is 17.1 Å². The molecule has 6 heteroatoms. The quantitative estimate of drug-likeness (QED) is 0.645. The van der Waals surface area contributed by atoms with E-state index in [1.165, 1.54) is 0 Å². The number of rotatable bonds is 5. The number of piperidine rings is 1. The summed E-state index contributed by atoms with van der Waals surface area (Å²) in [5, 5.41) is 9.97. The van der Waals surface area contributed by atoms with Crippen LogP contribution in [0.15, 0.2) is 57.7 Å². The minimum absolute atomic E-state index is 0.0785. The van der Waals surface area contributed by atoms with Crippen LogP contribution in [0.5, 0.6) is 0 Å². The molecule has 2 atom stereocenters. The van der Waals surface area contributed by atoms with E-state index in [1.807, 2.05) is 47.0 Å². The van der Waals surface area contributed by atoms with Gasteiger partial charge in [0.25, 0.3) is 5.56 Å².